The van der Waals surface area contributed by atoms with Gasteiger partial charge in [-0.2, -0.15) is 0 Å². The van der Waals surface area contributed by atoms with Crippen LogP contribution in [-0.4, -0.2) is 11.0 Å². The van der Waals surface area contributed by atoms with Gasteiger partial charge in [0, 0.05) is 0 Å². The van der Waals surface area contributed by atoms with Crippen molar-refractivity contribution in [3.05, 3.63) is 101 Å². The van der Waals surface area contributed by atoms with E-state index in [0.29, 0.717) is 17.4 Å². The van der Waals surface area contributed by atoms with Gasteiger partial charge in [0.1, 0.15) is 18.1 Å². The second kappa shape index (κ2) is 8.29. The molecule has 0 unspecified atom stereocenters. The molecule has 0 radical (unpaired) electrons. The molecule has 4 nitrogen and oxygen atoms in total. The van der Waals surface area contributed by atoms with E-state index in [9.17, 15) is 4.79 Å². The first-order valence-electron chi connectivity index (χ1n) is 9.31. The lowest BCUT2D eigenvalue weighted by molar-refractivity contribution is -0.113. The van der Waals surface area contributed by atoms with Crippen LogP contribution in [0.4, 0.5) is 5.69 Å². The quantitative estimate of drug-likeness (QED) is 0.492. The van der Waals surface area contributed by atoms with E-state index >= 15 is 0 Å². The highest BCUT2D eigenvalue weighted by molar-refractivity contribution is 7.80. The summed E-state index contributed by atoms with van der Waals surface area (Å²) in [7, 11) is 0. The molecule has 144 valence electrons. The summed E-state index contributed by atoms with van der Waals surface area (Å²) >= 11 is 5.34. The molecule has 5 heteroatoms. The van der Waals surface area contributed by atoms with Crippen molar-refractivity contribution in [2.45, 2.75) is 13.5 Å². The molecule has 0 aromatic heterocycles. The maximum Gasteiger partial charge on any atom is 0.281 e. The van der Waals surface area contributed by atoms with Crippen molar-refractivity contribution in [3.8, 4) is 5.75 Å². The fourth-order valence-corrected chi connectivity index (χ4v) is 3.32. The Morgan fingerprint density at radius 2 is 1.66 bits per heavy atom. The third-order valence-corrected chi connectivity index (χ3v) is 4.89. The smallest absolute Gasteiger partial charge is 0.281 e. The number of hydrogen-bond acceptors (Lipinski definition) is 3. The molecule has 0 spiro atoms. The van der Waals surface area contributed by atoms with E-state index in [4.69, 9.17) is 17.0 Å². The van der Waals surface area contributed by atoms with E-state index < -0.39 is 0 Å². The molecule has 0 atom stereocenters. The fraction of sp³-hybridized carbons (Fsp3) is 0.0833. The summed E-state index contributed by atoms with van der Waals surface area (Å²) in [5.41, 5.74) is 4.44. The molecule has 0 saturated carbocycles. The summed E-state index contributed by atoms with van der Waals surface area (Å²) in [5, 5.41) is 3.38. The Balaban J connectivity index is 1.44. The van der Waals surface area contributed by atoms with Crippen LogP contribution in [0.2, 0.25) is 0 Å². The van der Waals surface area contributed by atoms with Crippen molar-refractivity contribution in [1.82, 2.24) is 5.32 Å². The topological polar surface area (TPSA) is 41.6 Å². The number of anilines is 1. The monoisotopic (exact) mass is 400 g/mol. The normalized spacial score (nSPS) is 14.9. The molecule has 4 rings (SSSR count). The fourth-order valence-electron chi connectivity index (χ4n) is 3.02. The Bertz CT molecular complexity index is 1060. The second-order valence-corrected chi connectivity index (χ2v) is 7.19. The van der Waals surface area contributed by atoms with E-state index in [2.05, 4.69) is 36.5 Å². The van der Waals surface area contributed by atoms with E-state index in [1.165, 1.54) is 10.5 Å². The number of nitrogens with zero attached hydrogens (tertiary/aromatic N) is 1. The van der Waals surface area contributed by atoms with Crippen molar-refractivity contribution >= 4 is 35.0 Å². The average molecular weight is 401 g/mol. The number of rotatable bonds is 5. The Morgan fingerprint density at radius 3 is 2.34 bits per heavy atom. The van der Waals surface area contributed by atoms with Crippen molar-refractivity contribution in [2.24, 2.45) is 0 Å². The number of carbonyl (C=O) groups is 1. The zero-order chi connectivity index (χ0) is 20.2. The predicted octanol–water partition coefficient (Wildman–Crippen LogP) is 4.84. The van der Waals surface area contributed by atoms with Gasteiger partial charge in [0.25, 0.3) is 5.91 Å². The first-order valence-corrected chi connectivity index (χ1v) is 9.71. The zero-order valence-electron chi connectivity index (χ0n) is 16.0. The van der Waals surface area contributed by atoms with Gasteiger partial charge >= 0.3 is 0 Å². The number of amides is 1. The minimum atomic E-state index is -0.166. The van der Waals surface area contributed by atoms with Gasteiger partial charge in [0.2, 0.25) is 0 Å². The van der Waals surface area contributed by atoms with Crippen LogP contribution in [-0.2, 0) is 11.4 Å². The highest BCUT2D eigenvalue weighted by Crippen LogP contribution is 2.23. The highest BCUT2D eigenvalue weighted by Gasteiger charge is 2.31. The zero-order valence-corrected chi connectivity index (χ0v) is 16.8. The molecule has 3 aromatic rings. The molecule has 3 aromatic carbocycles. The molecular formula is C24H20N2O2S. The van der Waals surface area contributed by atoms with E-state index in [0.717, 1.165) is 22.6 Å². The van der Waals surface area contributed by atoms with Crippen LogP contribution in [0.25, 0.3) is 6.08 Å². The minimum absolute atomic E-state index is 0.166. The van der Waals surface area contributed by atoms with Gasteiger partial charge in [-0.3, -0.25) is 9.69 Å². The van der Waals surface area contributed by atoms with Crippen LogP contribution in [0.15, 0.2) is 84.6 Å². The Morgan fingerprint density at radius 1 is 0.966 bits per heavy atom. The summed E-state index contributed by atoms with van der Waals surface area (Å²) in [6.45, 7) is 2.58. The van der Waals surface area contributed by atoms with Crippen molar-refractivity contribution in [1.29, 1.82) is 0 Å². The maximum atomic E-state index is 12.8. The largest absolute Gasteiger partial charge is 0.489 e. The third-order valence-electron chi connectivity index (χ3n) is 4.61. The number of aryl methyl sites for hydroxylation is 1. The maximum absolute atomic E-state index is 12.8. The molecule has 0 aliphatic carbocycles. The number of nitrogens with one attached hydrogen (secondary N) is 1. The van der Waals surface area contributed by atoms with Crippen LogP contribution in [0.3, 0.4) is 0 Å². The molecule has 1 aliphatic heterocycles. The number of thiocarbonyl (C=S) groups is 1. The highest BCUT2D eigenvalue weighted by atomic mass is 32.1. The van der Waals surface area contributed by atoms with Crippen LogP contribution < -0.4 is 15.0 Å². The Hall–Kier alpha value is -3.44. The van der Waals surface area contributed by atoms with Crippen LogP contribution in [0.1, 0.15) is 16.7 Å². The summed E-state index contributed by atoms with van der Waals surface area (Å²) < 4.78 is 5.84. The lowest BCUT2D eigenvalue weighted by Gasteiger charge is -2.13. The van der Waals surface area contributed by atoms with Gasteiger partial charge in [-0.05, 0) is 60.6 Å². The molecule has 1 heterocycles. The number of ether oxygens (including phenoxy) is 1. The van der Waals surface area contributed by atoms with Crippen molar-refractivity contribution in [3.63, 3.8) is 0 Å². The van der Waals surface area contributed by atoms with E-state index in [1.54, 1.807) is 6.08 Å². The first kappa shape index (κ1) is 18.9. The van der Waals surface area contributed by atoms with Gasteiger partial charge < -0.3 is 10.1 Å². The van der Waals surface area contributed by atoms with Crippen LogP contribution >= 0.6 is 12.2 Å². The molecule has 29 heavy (non-hydrogen) atoms. The SMILES string of the molecule is Cc1ccc(COc2ccc(C=C3NC(=S)N(c4ccccc4)C3=O)cc2)cc1. The first-order chi connectivity index (χ1) is 14.1. The predicted molar refractivity (Wildman–Crippen MR) is 120 cm³/mol. The lowest BCUT2D eigenvalue weighted by atomic mass is 10.1. The van der Waals surface area contributed by atoms with Crippen molar-refractivity contribution in [2.75, 3.05) is 4.90 Å². The number of benzene rings is 3. The number of carbonyl (C=O) groups excluding carboxylic acids is 1. The van der Waals surface area contributed by atoms with Gasteiger partial charge in [0.05, 0.1) is 5.69 Å². The molecule has 0 bridgehead atoms. The summed E-state index contributed by atoms with van der Waals surface area (Å²) in [6, 6.07) is 25.3. The average Bonchev–Trinajstić information content (AvgIpc) is 3.02. The molecule has 1 aliphatic rings. The van der Waals surface area contributed by atoms with E-state index in [1.807, 2.05) is 54.6 Å². The molecule has 1 fully saturated rings. The second-order valence-electron chi connectivity index (χ2n) is 6.81. The molecule has 1 amide bonds. The summed E-state index contributed by atoms with van der Waals surface area (Å²) in [4.78, 5) is 14.3. The number of para-hydroxylation sites is 1. The Kier molecular flexibility index (Phi) is 5.40. The standard InChI is InChI=1S/C24H20N2O2S/c1-17-7-9-19(10-8-17)16-28-21-13-11-18(12-14-21)15-22-23(27)26(24(29)25-22)20-5-3-2-4-6-20/h2-15H,16H2,1H3,(H,25,29). The lowest BCUT2D eigenvalue weighted by Crippen LogP contribution is -2.30. The molecule has 1 saturated heterocycles. The molecular weight excluding hydrogens is 380 g/mol. The molecule has 1 N–H and O–H groups in total. The third kappa shape index (κ3) is 4.36. The van der Waals surface area contributed by atoms with Crippen molar-refractivity contribution < 1.29 is 9.53 Å². The van der Waals surface area contributed by atoms with Crippen LogP contribution in [0.5, 0.6) is 5.75 Å². The van der Waals surface area contributed by atoms with Gasteiger partial charge in [-0.1, -0.05) is 60.2 Å². The minimum Gasteiger partial charge on any atom is -0.489 e. The summed E-state index contributed by atoms with van der Waals surface area (Å²) in [5.74, 6) is 0.612. The van der Waals surface area contributed by atoms with E-state index in [-0.39, 0.29) is 5.91 Å². The summed E-state index contributed by atoms with van der Waals surface area (Å²) in [6.07, 6.45) is 1.79. The number of hydrogen-bond donors (Lipinski definition) is 1. The van der Waals surface area contributed by atoms with Crippen LogP contribution in [0, 0.1) is 6.92 Å². The van der Waals surface area contributed by atoms with Gasteiger partial charge in [-0.25, -0.2) is 0 Å². The Labute approximate surface area is 175 Å². The van der Waals surface area contributed by atoms with Gasteiger partial charge in [0.15, 0.2) is 5.11 Å². The van der Waals surface area contributed by atoms with Gasteiger partial charge in [-0.15, -0.1) is 0 Å².